The van der Waals surface area contributed by atoms with Gasteiger partial charge in [-0.25, -0.2) is 0 Å². The minimum atomic E-state index is -0.348. The van der Waals surface area contributed by atoms with E-state index in [1.165, 1.54) is 5.56 Å². The van der Waals surface area contributed by atoms with Gasteiger partial charge in [0.2, 0.25) is 11.8 Å². The highest BCUT2D eigenvalue weighted by Gasteiger charge is 2.37. The Morgan fingerprint density at radius 3 is 2.70 bits per heavy atom. The third kappa shape index (κ3) is 5.81. The van der Waals surface area contributed by atoms with Gasteiger partial charge < -0.3 is 10.6 Å². The Morgan fingerprint density at radius 1 is 1.30 bits per heavy atom. The smallest absolute Gasteiger partial charge is 0.220 e. The van der Waals surface area contributed by atoms with Crippen molar-refractivity contribution in [1.29, 1.82) is 0 Å². The van der Waals surface area contributed by atoms with E-state index in [2.05, 4.69) is 22.1 Å². The minimum absolute atomic E-state index is 0.0364. The molecule has 1 aliphatic rings. The number of carbonyl (C=O) groups excluding carboxylic acids is 2. The maximum absolute atomic E-state index is 12.4. The van der Waals surface area contributed by atoms with E-state index in [9.17, 15) is 9.59 Å². The van der Waals surface area contributed by atoms with Crippen LogP contribution < -0.4 is 10.6 Å². The molecule has 0 radical (unpaired) electrons. The van der Waals surface area contributed by atoms with Crippen molar-refractivity contribution < 1.29 is 9.59 Å². The molecule has 1 aromatic carbocycles. The second-order valence-corrected chi connectivity index (χ2v) is 8.65. The third-order valence-electron chi connectivity index (χ3n) is 5.05. The Kier molecular flexibility index (Phi) is 6.55. The molecule has 1 aliphatic heterocycles. The SMILES string of the molecule is C[C@@H](Cc1ccsc1)NC(=O)CC[C@]1(Cc2ccc(Cl)cc2)CCC(=O)N1. The largest absolute Gasteiger partial charge is 0.353 e. The van der Waals surface area contributed by atoms with E-state index in [1.54, 1.807) is 11.3 Å². The van der Waals surface area contributed by atoms with Gasteiger partial charge in [0.25, 0.3) is 0 Å². The fourth-order valence-electron chi connectivity index (χ4n) is 3.69. The summed E-state index contributed by atoms with van der Waals surface area (Å²) in [5, 5.41) is 11.1. The van der Waals surface area contributed by atoms with Gasteiger partial charge in [-0.1, -0.05) is 23.7 Å². The van der Waals surface area contributed by atoms with Crippen LogP contribution in [0.5, 0.6) is 0 Å². The van der Waals surface area contributed by atoms with Gasteiger partial charge in [-0.05, 0) is 72.7 Å². The van der Waals surface area contributed by atoms with Crippen LogP contribution in [0.2, 0.25) is 5.02 Å². The molecule has 27 heavy (non-hydrogen) atoms. The molecule has 2 amide bonds. The van der Waals surface area contributed by atoms with Crippen LogP contribution in [0.3, 0.4) is 0 Å². The molecule has 0 saturated carbocycles. The molecule has 1 aromatic heterocycles. The number of thiophene rings is 1. The molecule has 0 aliphatic carbocycles. The van der Waals surface area contributed by atoms with Gasteiger partial charge in [0, 0.05) is 29.4 Å². The number of carbonyl (C=O) groups is 2. The lowest BCUT2D eigenvalue weighted by molar-refractivity contribution is -0.123. The van der Waals surface area contributed by atoms with Crippen LogP contribution in [0, 0.1) is 0 Å². The molecule has 2 heterocycles. The maximum atomic E-state index is 12.4. The lowest BCUT2D eigenvalue weighted by Gasteiger charge is -2.29. The molecule has 0 unspecified atom stereocenters. The van der Waals surface area contributed by atoms with Crippen molar-refractivity contribution in [3.8, 4) is 0 Å². The number of benzene rings is 1. The maximum Gasteiger partial charge on any atom is 0.220 e. The number of amides is 2. The van der Waals surface area contributed by atoms with Crippen molar-refractivity contribution in [2.75, 3.05) is 0 Å². The standard InChI is InChI=1S/C21H25ClN2O2S/c1-15(12-17-8-11-27-14-17)23-19(25)6-9-21(10-7-20(26)24-21)13-16-2-4-18(22)5-3-16/h2-5,8,11,14-15H,6-7,9-10,12-13H2,1H3,(H,23,25)(H,24,26)/t15-,21+/m0/s1. The third-order valence-corrected chi connectivity index (χ3v) is 6.03. The Balaban J connectivity index is 1.55. The molecular weight excluding hydrogens is 380 g/mol. The summed E-state index contributed by atoms with van der Waals surface area (Å²) in [4.78, 5) is 24.3. The van der Waals surface area contributed by atoms with Crippen molar-refractivity contribution in [2.24, 2.45) is 0 Å². The fourth-order valence-corrected chi connectivity index (χ4v) is 4.50. The zero-order valence-corrected chi connectivity index (χ0v) is 17.0. The Hall–Kier alpha value is -1.85. The summed E-state index contributed by atoms with van der Waals surface area (Å²) < 4.78 is 0. The molecule has 2 aromatic rings. The van der Waals surface area contributed by atoms with Crippen molar-refractivity contribution in [3.05, 3.63) is 57.2 Å². The van der Waals surface area contributed by atoms with Crippen molar-refractivity contribution in [3.63, 3.8) is 0 Å². The fraction of sp³-hybridized carbons (Fsp3) is 0.429. The number of rotatable bonds is 8. The molecule has 1 saturated heterocycles. The number of hydrogen-bond acceptors (Lipinski definition) is 3. The number of halogens is 1. The van der Waals surface area contributed by atoms with Gasteiger partial charge >= 0.3 is 0 Å². The number of hydrogen-bond donors (Lipinski definition) is 2. The van der Waals surface area contributed by atoms with Gasteiger partial charge in [0.05, 0.1) is 0 Å². The monoisotopic (exact) mass is 404 g/mol. The topological polar surface area (TPSA) is 58.2 Å². The van der Waals surface area contributed by atoms with Gasteiger partial charge in [-0.3, -0.25) is 9.59 Å². The predicted molar refractivity (Wildman–Crippen MR) is 110 cm³/mol. The van der Waals surface area contributed by atoms with Gasteiger partial charge in [0.15, 0.2) is 0 Å². The van der Waals surface area contributed by atoms with Gasteiger partial charge in [0.1, 0.15) is 0 Å². The number of nitrogens with one attached hydrogen (secondary N) is 2. The summed E-state index contributed by atoms with van der Waals surface area (Å²) in [5.74, 6) is 0.101. The summed E-state index contributed by atoms with van der Waals surface area (Å²) >= 11 is 7.63. The lowest BCUT2D eigenvalue weighted by atomic mass is 9.85. The van der Waals surface area contributed by atoms with Crippen molar-refractivity contribution in [1.82, 2.24) is 10.6 Å². The van der Waals surface area contributed by atoms with E-state index in [0.717, 1.165) is 18.4 Å². The van der Waals surface area contributed by atoms with Crippen LogP contribution in [-0.2, 0) is 22.4 Å². The predicted octanol–water partition coefficient (Wildman–Crippen LogP) is 4.12. The quantitative estimate of drug-likeness (QED) is 0.695. The van der Waals surface area contributed by atoms with Crippen LogP contribution in [0.4, 0.5) is 0 Å². The molecule has 144 valence electrons. The normalized spacial score (nSPS) is 20.3. The van der Waals surface area contributed by atoms with Gasteiger partial charge in [-0.15, -0.1) is 0 Å². The van der Waals surface area contributed by atoms with Crippen LogP contribution >= 0.6 is 22.9 Å². The van der Waals surface area contributed by atoms with Crippen molar-refractivity contribution in [2.45, 2.75) is 57.0 Å². The van der Waals surface area contributed by atoms with E-state index < -0.39 is 0 Å². The van der Waals surface area contributed by atoms with E-state index in [1.807, 2.05) is 36.6 Å². The molecule has 0 spiro atoms. The highest BCUT2D eigenvalue weighted by molar-refractivity contribution is 7.07. The average Bonchev–Trinajstić information content (AvgIpc) is 3.25. The molecule has 2 N–H and O–H groups in total. The molecule has 6 heteroatoms. The Morgan fingerprint density at radius 2 is 2.07 bits per heavy atom. The molecule has 1 fully saturated rings. The zero-order chi connectivity index (χ0) is 19.3. The highest BCUT2D eigenvalue weighted by atomic mass is 35.5. The molecule has 0 bridgehead atoms. The lowest BCUT2D eigenvalue weighted by Crippen LogP contribution is -2.45. The first-order chi connectivity index (χ1) is 12.9. The second kappa shape index (κ2) is 8.89. The molecular formula is C21H25ClN2O2S. The highest BCUT2D eigenvalue weighted by Crippen LogP contribution is 2.30. The Labute approximate surface area is 169 Å². The molecule has 2 atom stereocenters. The van der Waals surface area contributed by atoms with E-state index in [0.29, 0.717) is 30.7 Å². The molecule has 4 nitrogen and oxygen atoms in total. The second-order valence-electron chi connectivity index (χ2n) is 7.44. The van der Waals surface area contributed by atoms with Crippen LogP contribution in [-0.4, -0.2) is 23.4 Å². The summed E-state index contributed by atoms with van der Waals surface area (Å²) in [6, 6.07) is 9.87. The van der Waals surface area contributed by atoms with Crippen LogP contribution in [0.1, 0.15) is 43.7 Å². The summed E-state index contributed by atoms with van der Waals surface area (Å²) in [6.07, 6.45) is 3.87. The van der Waals surface area contributed by atoms with Crippen LogP contribution in [0.25, 0.3) is 0 Å². The average molecular weight is 405 g/mol. The molecule has 3 rings (SSSR count). The van der Waals surface area contributed by atoms with E-state index in [4.69, 9.17) is 11.6 Å². The Bertz CT molecular complexity index is 776. The zero-order valence-electron chi connectivity index (χ0n) is 15.5. The first-order valence-corrected chi connectivity index (χ1v) is 10.6. The van der Waals surface area contributed by atoms with E-state index in [-0.39, 0.29) is 23.4 Å². The minimum Gasteiger partial charge on any atom is -0.353 e. The van der Waals surface area contributed by atoms with E-state index >= 15 is 0 Å². The summed E-state index contributed by atoms with van der Waals surface area (Å²) in [6.45, 7) is 2.02. The summed E-state index contributed by atoms with van der Waals surface area (Å²) in [7, 11) is 0. The van der Waals surface area contributed by atoms with Gasteiger partial charge in [-0.2, -0.15) is 11.3 Å². The van der Waals surface area contributed by atoms with Crippen molar-refractivity contribution >= 4 is 34.8 Å². The first-order valence-electron chi connectivity index (χ1n) is 9.30. The summed E-state index contributed by atoms with van der Waals surface area (Å²) in [5.41, 5.74) is 2.02. The van der Waals surface area contributed by atoms with Crippen LogP contribution in [0.15, 0.2) is 41.1 Å². The first kappa shape index (κ1) is 19.9.